The predicted octanol–water partition coefficient (Wildman–Crippen LogP) is 10.2. The first-order valence-corrected chi connectivity index (χ1v) is 16.4. The molecule has 0 heterocycles. The summed E-state index contributed by atoms with van der Waals surface area (Å²) in [6.07, 6.45) is 47.2. The first-order valence-electron chi connectivity index (χ1n) is 16.4. The van der Waals surface area contributed by atoms with E-state index in [-0.39, 0.29) is 11.8 Å². The average Bonchev–Trinajstić information content (AvgIpc) is 3.11. The van der Waals surface area contributed by atoms with E-state index in [4.69, 9.17) is 6.58 Å². The summed E-state index contributed by atoms with van der Waals surface area (Å²) >= 11 is 0. The van der Waals surface area contributed by atoms with Gasteiger partial charge in [0.2, 0.25) is 0 Å². The molecule has 46 heavy (non-hydrogen) atoms. The Labute approximate surface area is 275 Å². The number of benzene rings is 2. The van der Waals surface area contributed by atoms with Crippen molar-refractivity contribution in [2.24, 2.45) is 17.8 Å². The molecule has 0 aromatic heterocycles. The van der Waals surface area contributed by atoms with Gasteiger partial charge in [-0.3, -0.25) is 0 Å². The highest BCUT2D eigenvalue weighted by atomic mass is 14.3. The van der Waals surface area contributed by atoms with Crippen LogP contribution in [-0.4, -0.2) is 0 Å². The Kier molecular flexibility index (Phi) is 10.2. The maximum atomic E-state index is 4.69. The quantitative estimate of drug-likeness (QED) is 0.154. The Hall–Kier alpha value is -5.20. The van der Waals surface area contributed by atoms with E-state index in [0.29, 0.717) is 5.92 Å². The summed E-state index contributed by atoms with van der Waals surface area (Å²) in [7, 11) is 0. The molecule has 0 N–H and O–H groups in total. The zero-order valence-electron chi connectivity index (χ0n) is 26.5. The van der Waals surface area contributed by atoms with Gasteiger partial charge in [0, 0.05) is 17.8 Å². The molecule has 3 atom stereocenters. The molecular formula is C46H42. The standard InChI is InChI=1S/C46H42/c1-3-4-5-6-7-11-24-37(36-22-12-10-13-23-36)33-35(2)39-26-14-8-9-15-28-45(43-31-20-18-29-41(39)43)46-34-38-25-16-17-27-40(38)42-30-19-21-32-44(42)46/h3,6-33,38,41,43H,1-2,4-5,34H2. The second kappa shape index (κ2) is 15.2. The minimum Gasteiger partial charge on any atom is -0.103 e. The van der Waals surface area contributed by atoms with Crippen LogP contribution in [0.4, 0.5) is 0 Å². The molecular weight excluding hydrogens is 553 g/mol. The van der Waals surface area contributed by atoms with Gasteiger partial charge in [-0.2, -0.15) is 0 Å². The lowest BCUT2D eigenvalue weighted by Gasteiger charge is -2.33. The van der Waals surface area contributed by atoms with Gasteiger partial charge in [-0.15, -0.1) is 6.58 Å². The fraction of sp³-hybridized carbons (Fsp3) is 0.130. The van der Waals surface area contributed by atoms with Gasteiger partial charge < -0.3 is 0 Å². The van der Waals surface area contributed by atoms with Gasteiger partial charge in [0.25, 0.3) is 0 Å². The molecule has 226 valence electrons. The normalized spacial score (nSPS) is 22.0. The van der Waals surface area contributed by atoms with Gasteiger partial charge in [0.1, 0.15) is 0 Å². The highest BCUT2D eigenvalue weighted by Gasteiger charge is 2.31. The van der Waals surface area contributed by atoms with Crippen LogP contribution >= 0.6 is 0 Å². The van der Waals surface area contributed by atoms with Crippen molar-refractivity contribution >= 4 is 16.7 Å². The second-order valence-electron chi connectivity index (χ2n) is 12.0. The fourth-order valence-corrected chi connectivity index (χ4v) is 6.82. The minimum absolute atomic E-state index is 0.141. The SMILES string of the molecule is C=CCCC=CC=CC(=CC(=C)C1=CC=CC=CC=C(C2=c3ccccc3=C3C=CC=CC3C2)C2C=CC=CC12)c1ccccc1. The van der Waals surface area contributed by atoms with Crippen molar-refractivity contribution in [1.29, 1.82) is 0 Å². The van der Waals surface area contributed by atoms with E-state index in [1.807, 2.05) is 6.08 Å². The van der Waals surface area contributed by atoms with Crippen molar-refractivity contribution in [2.75, 3.05) is 0 Å². The molecule has 0 aliphatic heterocycles. The first-order chi connectivity index (χ1) is 22.7. The van der Waals surface area contributed by atoms with Crippen LogP contribution < -0.4 is 10.4 Å². The second-order valence-corrected chi connectivity index (χ2v) is 12.0. The van der Waals surface area contributed by atoms with Crippen molar-refractivity contribution in [2.45, 2.75) is 19.3 Å². The van der Waals surface area contributed by atoms with Gasteiger partial charge >= 0.3 is 0 Å². The minimum atomic E-state index is 0.141. The molecule has 2 aromatic rings. The summed E-state index contributed by atoms with van der Waals surface area (Å²) in [6, 6.07) is 19.5. The predicted molar refractivity (Wildman–Crippen MR) is 200 cm³/mol. The Bertz CT molecular complexity index is 1930. The summed E-state index contributed by atoms with van der Waals surface area (Å²) in [4.78, 5) is 0. The van der Waals surface area contributed by atoms with Crippen molar-refractivity contribution in [1.82, 2.24) is 0 Å². The van der Waals surface area contributed by atoms with Gasteiger partial charge in [0.05, 0.1) is 0 Å². The topological polar surface area (TPSA) is 0 Å². The molecule has 6 rings (SSSR count). The molecule has 0 fully saturated rings. The zero-order valence-corrected chi connectivity index (χ0v) is 26.5. The molecule has 0 saturated carbocycles. The maximum Gasteiger partial charge on any atom is 0.0130 e. The van der Waals surface area contributed by atoms with E-state index >= 15 is 0 Å². The van der Waals surface area contributed by atoms with Crippen LogP contribution in [0.15, 0.2) is 206 Å². The molecule has 0 radical (unpaired) electrons. The van der Waals surface area contributed by atoms with Crippen LogP contribution in [-0.2, 0) is 0 Å². The molecule has 4 aliphatic rings. The van der Waals surface area contributed by atoms with Crippen molar-refractivity contribution < 1.29 is 0 Å². The van der Waals surface area contributed by atoms with Crippen LogP contribution in [0.5, 0.6) is 0 Å². The van der Waals surface area contributed by atoms with E-state index in [9.17, 15) is 0 Å². The summed E-state index contributed by atoms with van der Waals surface area (Å²) in [5.41, 5.74) is 8.79. The van der Waals surface area contributed by atoms with Gasteiger partial charge in [-0.25, -0.2) is 0 Å². The van der Waals surface area contributed by atoms with E-state index in [1.54, 1.807) is 0 Å². The Morgan fingerprint density at radius 1 is 0.717 bits per heavy atom. The van der Waals surface area contributed by atoms with E-state index < -0.39 is 0 Å². The number of unbranched alkanes of at least 4 members (excludes halogenated alkanes) is 1. The maximum absolute atomic E-state index is 4.69. The molecule has 0 spiro atoms. The molecule has 0 bridgehead atoms. The Morgan fingerprint density at radius 3 is 2.28 bits per heavy atom. The van der Waals surface area contributed by atoms with Crippen LogP contribution in [0.3, 0.4) is 0 Å². The highest BCUT2D eigenvalue weighted by molar-refractivity contribution is 5.79. The first kappa shape index (κ1) is 30.8. The van der Waals surface area contributed by atoms with Crippen LogP contribution in [0, 0.1) is 17.8 Å². The third-order valence-corrected chi connectivity index (χ3v) is 9.07. The zero-order chi connectivity index (χ0) is 31.6. The lowest BCUT2D eigenvalue weighted by atomic mass is 9.70. The summed E-state index contributed by atoms with van der Waals surface area (Å²) in [6.45, 7) is 8.52. The number of rotatable bonds is 9. The Balaban J connectivity index is 1.42. The molecule has 0 heteroatoms. The number of hydrogen-bond donors (Lipinski definition) is 0. The largest absolute Gasteiger partial charge is 0.103 e. The van der Waals surface area contributed by atoms with E-state index in [2.05, 4.69) is 177 Å². The smallest absolute Gasteiger partial charge is 0.0130 e. The average molecular weight is 595 g/mol. The van der Waals surface area contributed by atoms with E-state index in [0.717, 1.165) is 30.4 Å². The van der Waals surface area contributed by atoms with E-state index in [1.165, 1.54) is 38.3 Å². The lowest BCUT2D eigenvalue weighted by molar-refractivity contribution is 0.616. The number of allylic oxidation sites excluding steroid dienone is 24. The monoisotopic (exact) mass is 594 g/mol. The summed E-state index contributed by atoms with van der Waals surface area (Å²) < 4.78 is 0. The van der Waals surface area contributed by atoms with Crippen molar-refractivity contribution in [3.8, 4) is 0 Å². The third-order valence-electron chi connectivity index (χ3n) is 9.07. The fourth-order valence-electron chi connectivity index (χ4n) is 6.82. The molecule has 0 nitrogen and oxygen atoms in total. The highest BCUT2D eigenvalue weighted by Crippen LogP contribution is 2.42. The Morgan fingerprint density at radius 2 is 1.46 bits per heavy atom. The molecule has 3 unspecified atom stereocenters. The summed E-state index contributed by atoms with van der Waals surface area (Å²) in [5.74, 6) is 0.701. The summed E-state index contributed by atoms with van der Waals surface area (Å²) in [5, 5.41) is 2.70. The molecule has 4 aliphatic carbocycles. The van der Waals surface area contributed by atoms with Crippen LogP contribution in [0.25, 0.3) is 16.7 Å². The van der Waals surface area contributed by atoms with Crippen LogP contribution in [0.2, 0.25) is 0 Å². The molecule has 2 aromatic carbocycles. The number of fused-ring (bicyclic) bond motifs is 3. The molecule has 0 saturated heterocycles. The van der Waals surface area contributed by atoms with Crippen molar-refractivity contribution in [3.05, 3.63) is 222 Å². The lowest BCUT2D eigenvalue weighted by Crippen LogP contribution is -2.36. The van der Waals surface area contributed by atoms with Crippen molar-refractivity contribution in [3.63, 3.8) is 0 Å². The van der Waals surface area contributed by atoms with Crippen LogP contribution in [0.1, 0.15) is 24.8 Å². The van der Waals surface area contributed by atoms with Gasteiger partial charge in [-0.1, -0.05) is 177 Å². The number of hydrogen-bond acceptors (Lipinski definition) is 0. The van der Waals surface area contributed by atoms with Gasteiger partial charge in [-0.05, 0) is 74.8 Å². The van der Waals surface area contributed by atoms with Gasteiger partial charge in [0.15, 0.2) is 0 Å². The third kappa shape index (κ3) is 7.03. The molecule has 0 amide bonds.